The van der Waals surface area contributed by atoms with Crippen molar-refractivity contribution in [1.82, 2.24) is 9.78 Å². The second-order valence-corrected chi connectivity index (χ2v) is 7.40. The fraction of sp³-hybridized carbons (Fsp3) is 0.118. The molecule has 1 amide bonds. The number of carbonyl (C=O) groups excluding carboxylic acids is 1. The molecule has 3 rings (SSSR count). The Bertz CT molecular complexity index is 1150. The third-order valence-electron chi connectivity index (χ3n) is 3.75. The number of sulfonamides is 1. The monoisotopic (exact) mass is 372 g/mol. The van der Waals surface area contributed by atoms with Gasteiger partial charge in [-0.3, -0.25) is 9.59 Å². The number of nitrogens with one attached hydrogen (secondary N) is 1. The lowest BCUT2D eigenvalue weighted by Crippen LogP contribution is -2.25. The topological polar surface area (TPSA) is 124 Å². The summed E-state index contributed by atoms with van der Waals surface area (Å²) < 4.78 is 23.3. The van der Waals surface area contributed by atoms with Gasteiger partial charge in [0, 0.05) is 18.1 Å². The van der Waals surface area contributed by atoms with Crippen LogP contribution in [0.2, 0.25) is 0 Å². The number of nitrogens with two attached hydrogens (primary N) is 1. The van der Waals surface area contributed by atoms with E-state index in [0.717, 1.165) is 4.68 Å². The van der Waals surface area contributed by atoms with Gasteiger partial charge in [-0.15, -0.1) is 0 Å². The predicted molar refractivity (Wildman–Crippen MR) is 98.2 cm³/mol. The molecule has 0 aliphatic carbocycles. The fourth-order valence-corrected chi connectivity index (χ4v) is 3.23. The van der Waals surface area contributed by atoms with E-state index in [1.807, 2.05) is 0 Å². The Morgan fingerprint density at radius 2 is 1.73 bits per heavy atom. The summed E-state index contributed by atoms with van der Waals surface area (Å²) >= 11 is 0. The van der Waals surface area contributed by atoms with Crippen LogP contribution >= 0.6 is 0 Å². The second-order valence-electron chi connectivity index (χ2n) is 5.78. The van der Waals surface area contributed by atoms with Crippen molar-refractivity contribution in [2.24, 2.45) is 12.2 Å². The molecule has 8 nitrogen and oxygen atoms in total. The highest BCUT2D eigenvalue weighted by Gasteiger charge is 2.15. The van der Waals surface area contributed by atoms with Crippen LogP contribution in [-0.4, -0.2) is 24.1 Å². The van der Waals surface area contributed by atoms with E-state index in [1.165, 1.54) is 7.05 Å². The molecule has 1 heterocycles. The third-order valence-corrected chi connectivity index (χ3v) is 4.49. The molecule has 134 valence electrons. The van der Waals surface area contributed by atoms with Gasteiger partial charge in [-0.1, -0.05) is 30.3 Å². The van der Waals surface area contributed by atoms with Gasteiger partial charge in [-0.2, -0.15) is 5.10 Å². The van der Waals surface area contributed by atoms with E-state index in [-0.39, 0.29) is 17.0 Å². The highest BCUT2D eigenvalue weighted by molar-refractivity contribution is 7.88. The van der Waals surface area contributed by atoms with Crippen LogP contribution in [0.15, 0.2) is 53.3 Å². The van der Waals surface area contributed by atoms with Gasteiger partial charge < -0.3 is 5.32 Å². The van der Waals surface area contributed by atoms with Crippen LogP contribution in [0.25, 0.3) is 10.8 Å². The zero-order valence-electron chi connectivity index (χ0n) is 13.8. The molecule has 3 aromatic rings. The Kier molecular flexibility index (Phi) is 4.58. The van der Waals surface area contributed by atoms with Gasteiger partial charge in [-0.25, -0.2) is 18.2 Å². The first-order chi connectivity index (χ1) is 12.2. The number of carbonyl (C=O) groups is 1. The third kappa shape index (κ3) is 3.79. The van der Waals surface area contributed by atoms with E-state index >= 15 is 0 Å². The van der Waals surface area contributed by atoms with Gasteiger partial charge in [0.2, 0.25) is 10.0 Å². The number of hydrogen-bond acceptors (Lipinski definition) is 5. The molecular formula is C17H16N4O4S. The normalized spacial score (nSPS) is 11.5. The van der Waals surface area contributed by atoms with E-state index in [0.29, 0.717) is 22.0 Å². The standard InChI is InChI=1S/C17H16N4O4S/c1-21-17(23)14-5-3-2-4-13(14)15(20-21)16(22)19-12-8-6-11(7-9-12)10-26(18,24)25/h2-9H,10H2,1H3,(H,19,22)(H2,18,24,25). The van der Waals surface area contributed by atoms with Crippen LogP contribution in [0.5, 0.6) is 0 Å². The summed E-state index contributed by atoms with van der Waals surface area (Å²) in [5.74, 6) is -0.759. The number of amides is 1. The van der Waals surface area contributed by atoms with Gasteiger partial charge in [-0.05, 0) is 23.8 Å². The SMILES string of the molecule is Cn1nc(C(=O)Nc2ccc(CS(N)(=O)=O)cc2)c2ccccc2c1=O. The molecule has 3 N–H and O–H groups in total. The largest absolute Gasteiger partial charge is 0.321 e. The number of anilines is 1. The first-order valence-corrected chi connectivity index (χ1v) is 9.33. The molecule has 0 saturated carbocycles. The zero-order valence-corrected chi connectivity index (χ0v) is 14.7. The average Bonchev–Trinajstić information content (AvgIpc) is 2.58. The number of rotatable bonds is 4. The number of aryl methyl sites for hydroxylation is 1. The van der Waals surface area contributed by atoms with Crippen molar-refractivity contribution < 1.29 is 13.2 Å². The Morgan fingerprint density at radius 1 is 1.12 bits per heavy atom. The first kappa shape index (κ1) is 17.8. The zero-order chi connectivity index (χ0) is 18.9. The molecular weight excluding hydrogens is 356 g/mol. The van der Waals surface area contributed by atoms with E-state index in [4.69, 9.17) is 5.14 Å². The number of nitrogens with zero attached hydrogens (tertiary/aromatic N) is 2. The van der Waals surface area contributed by atoms with Crippen molar-refractivity contribution in [3.8, 4) is 0 Å². The summed E-state index contributed by atoms with van der Waals surface area (Å²) in [6.45, 7) is 0. The minimum atomic E-state index is -3.62. The highest BCUT2D eigenvalue weighted by Crippen LogP contribution is 2.16. The number of fused-ring (bicyclic) bond motifs is 1. The van der Waals surface area contributed by atoms with Crippen LogP contribution in [0.1, 0.15) is 16.1 Å². The number of hydrogen-bond donors (Lipinski definition) is 2. The molecule has 0 bridgehead atoms. The second kappa shape index (κ2) is 6.70. The van der Waals surface area contributed by atoms with E-state index in [1.54, 1.807) is 48.5 Å². The average molecular weight is 372 g/mol. The molecule has 0 atom stereocenters. The molecule has 2 aromatic carbocycles. The summed E-state index contributed by atoms with van der Waals surface area (Å²) in [5, 5.41) is 12.6. The lowest BCUT2D eigenvalue weighted by Gasteiger charge is -2.09. The Balaban J connectivity index is 1.90. The first-order valence-electron chi connectivity index (χ1n) is 7.61. The molecule has 0 radical (unpaired) electrons. The molecule has 0 fully saturated rings. The quantitative estimate of drug-likeness (QED) is 0.706. The Morgan fingerprint density at radius 3 is 2.35 bits per heavy atom. The summed E-state index contributed by atoms with van der Waals surface area (Å²) in [6, 6.07) is 13.0. The maximum atomic E-state index is 12.6. The molecule has 0 saturated heterocycles. The van der Waals surface area contributed by atoms with E-state index in [9.17, 15) is 18.0 Å². The molecule has 0 unspecified atom stereocenters. The van der Waals surface area contributed by atoms with Crippen LogP contribution in [0.4, 0.5) is 5.69 Å². The van der Waals surface area contributed by atoms with Gasteiger partial charge in [0.25, 0.3) is 11.5 Å². The Hall–Kier alpha value is -3.04. The minimum absolute atomic E-state index is 0.122. The molecule has 0 aliphatic heterocycles. The summed E-state index contributed by atoms with van der Waals surface area (Å²) in [6.07, 6.45) is 0. The smallest absolute Gasteiger partial charge is 0.276 e. The lowest BCUT2D eigenvalue weighted by atomic mass is 10.1. The van der Waals surface area contributed by atoms with Crippen molar-refractivity contribution in [2.45, 2.75) is 5.75 Å². The molecule has 0 spiro atoms. The van der Waals surface area contributed by atoms with Crippen LogP contribution in [-0.2, 0) is 22.8 Å². The van der Waals surface area contributed by atoms with Gasteiger partial charge in [0.05, 0.1) is 11.1 Å². The van der Waals surface area contributed by atoms with Gasteiger partial charge >= 0.3 is 0 Å². The summed E-state index contributed by atoms with van der Waals surface area (Å²) in [7, 11) is -2.14. The maximum absolute atomic E-state index is 12.6. The van der Waals surface area contributed by atoms with Crippen LogP contribution in [0.3, 0.4) is 0 Å². The van der Waals surface area contributed by atoms with Crippen molar-refractivity contribution in [3.63, 3.8) is 0 Å². The van der Waals surface area contributed by atoms with Gasteiger partial charge in [0.15, 0.2) is 5.69 Å². The summed E-state index contributed by atoms with van der Waals surface area (Å²) in [4.78, 5) is 24.7. The molecule has 0 aliphatic rings. The highest BCUT2D eigenvalue weighted by atomic mass is 32.2. The van der Waals surface area contributed by atoms with E-state index in [2.05, 4.69) is 10.4 Å². The van der Waals surface area contributed by atoms with E-state index < -0.39 is 15.9 Å². The molecule has 26 heavy (non-hydrogen) atoms. The molecule has 1 aromatic heterocycles. The van der Waals surface area contributed by atoms with Crippen molar-refractivity contribution in [3.05, 3.63) is 70.1 Å². The molecule has 9 heteroatoms. The Labute approximate surface area is 149 Å². The number of aromatic nitrogens is 2. The van der Waals surface area contributed by atoms with Gasteiger partial charge in [0.1, 0.15) is 0 Å². The van der Waals surface area contributed by atoms with Crippen molar-refractivity contribution in [2.75, 3.05) is 5.32 Å². The number of primary sulfonamides is 1. The van der Waals surface area contributed by atoms with Crippen LogP contribution in [0, 0.1) is 0 Å². The van der Waals surface area contributed by atoms with Crippen molar-refractivity contribution in [1.29, 1.82) is 0 Å². The summed E-state index contributed by atoms with van der Waals surface area (Å²) in [5.41, 5.74) is 0.810. The predicted octanol–water partition coefficient (Wildman–Crippen LogP) is 0.974. The number of benzene rings is 2. The lowest BCUT2D eigenvalue weighted by molar-refractivity contribution is 0.102. The maximum Gasteiger partial charge on any atom is 0.276 e. The van der Waals surface area contributed by atoms with Crippen LogP contribution < -0.4 is 16.0 Å². The fourth-order valence-electron chi connectivity index (χ4n) is 2.57. The van der Waals surface area contributed by atoms with Crippen molar-refractivity contribution >= 4 is 32.4 Å². The minimum Gasteiger partial charge on any atom is -0.321 e.